The molecular weight excluding hydrogens is 436 g/mol. The first kappa shape index (κ1) is 23.7. The molecule has 34 heavy (non-hydrogen) atoms. The lowest BCUT2D eigenvalue weighted by molar-refractivity contribution is 0.100. The van der Waals surface area contributed by atoms with Crippen molar-refractivity contribution in [2.45, 2.75) is 34.1 Å². The minimum Gasteiger partial charge on any atom is -0.449 e. The number of benzene rings is 1. The van der Waals surface area contributed by atoms with Crippen LogP contribution in [0, 0.1) is 13.8 Å². The minimum atomic E-state index is -0.381. The Morgan fingerprint density at radius 1 is 1.12 bits per heavy atom. The minimum absolute atomic E-state index is 0.120. The lowest BCUT2D eigenvalue weighted by atomic mass is 10.0. The normalized spacial score (nSPS) is 14.0. The van der Waals surface area contributed by atoms with E-state index in [1.165, 1.54) is 0 Å². The topological polar surface area (TPSA) is 92.3 Å². The fourth-order valence-corrected chi connectivity index (χ4v) is 4.40. The molecule has 0 N–H and O–H groups in total. The van der Waals surface area contributed by atoms with E-state index in [0.29, 0.717) is 49.6 Å². The number of anilines is 2. The van der Waals surface area contributed by atoms with Gasteiger partial charge in [0, 0.05) is 74.5 Å². The molecule has 0 saturated carbocycles. The molecule has 1 aliphatic heterocycles. The number of hydrogen-bond donors (Lipinski definition) is 0. The quantitative estimate of drug-likeness (QED) is 0.484. The van der Waals surface area contributed by atoms with Crippen LogP contribution in [0.5, 0.6) is 0 Å². The number of hydrogen-bond acceptors (Lipinski definition) is 8. The highest BCUT2D eigenvalue weighted by Crippen LogP contribution is 2.25. The van der Waals surface area contributed by atoms with Crippen molar-refractivity contribution in [3.05, 3.63) is 51.5 Å². The predicted octanol–water partition coefficient (Wildman–Crippen LogP) is 3.75. The summed E-state index contributed by atoms with van der Waals surface area (Å²) in [6, 6.07) is 7.84. The van der Waals surface area contributed by atoms with Gasteiger partial charge in [-0.15, -0.1) is 0 Å². The number of ether oxygens (including phenoxy) is 1. The number of nitrogens with zero attached hydrogens (tertiary/aromatic N) is 4. The van der Waals surface area contributed by atoms with E-state index in [1.54, 1.807) is 4.90 Å². The van der Waals surface area contributed by atoms with Crippen molar-refractivity contribution in [3.8, 4) is 0 Å². The Hall–Kier alpha value is -3.49. The van der Waals surface area contributed by atoms with Crippen LogP contribution in [0.4, 0.5) is 16.4 Å². The van der Waals surface area contributed by atoms with Crippen LogP contribution in [0.25, 0.3) is 11.0 Å². The molecule has 182 valence electrons. The maximum absolute atomic E-state index is 12.7. The van der Waals surface area contributed by atoms with Crippen molar-refractivity contribution in [1.29, 1.82) is 0 Å². The second-order valence-corrected chi connectivity index (χ2v) is 8.49. The van der Waals surface area contributed by atoms with E-state index in [2.05, 4.69) is 28.8 Å². The highest BCUT2D eigenvalue weighted by Gasteiger charge is 2.24. The van der Waals surface area contributed by atoms with Crippen LogP contribution >= 0.6 is 0 Å². The Morgan fingerprint density at radius 2 is 1.85 bits per heavy atom. The van der Waals surface area contributed by atoms with E-state index in [4.69, 9.17) is 13.7 Å². The molecule has 0 atom stereocenters. The van der Waals surface area contributed by atoms with E-state index < -0.39 is 0 Å². The van der Waals surface area contributed by atoms with Crippen LogP contribution in [-0.2, 0) is 11.2 Å². The van der Waals surface area contributed by atoms with Gasteiger partial charge in [-0.3, -0.25) is 0 Å². The summed E-state index contributed by atoms with van der Waals surface area (Å²) in [4.78, 5) is 31.1. The third-order valence-corrected chi connectivity index (χ3v) is 6.44. The molecule has 0 bridgehead atoms. The summed E-state index contributed by atoms with van der Waals surface area (Å²) in [5, 5.41) is 4.81. The SMILES string of the molecule is CCN(CC)c1ccc2c(C)c(CCOC(=O)N3CCN(c4cc(C)no4)CC3)c(=O)oc2c1. The van der Waals surface area contributed by atoms with E-state index in [-0.39, 0.29) is 18.3 Å². The second kappa shape index (κ2) is 10.2. The highest BCUT2D eigenvalue weighted by molar-refractivity contribution is 5.84. The van der Waals surface area contributed by atoms with E-state index in [1.807, 2.05) is 38.1 Å². The molecule has 9 nitrogen and oxygen atoms in total. The first-order chi connectivity index (χ1) is 16.4. The molecule has 1 aromatic carbocycles. The molecule has 2 aromatic heterocycles. The zero-order valence-electron chi connectivity index (χ0n) is 20.3. The molecule has 0 aliphatic carbocycles. The van der Waals surface area contributed by atoms with Crippen molar-refractivity contribution in [2.75, 3.05) is 55.7 Å². The lowest BCUT2D eigenvalue weighted by Gasteiger charge is -2.33. The number of carbonyl (C=O) groups is 1. The van der Waals surface area contributed by atoms with Crippen molar-refractivity contribution < 1.29 is 18.5 Å². The van der Waals surface area contributed by atoms with Gasteiger partial charge in [0.1, 0.15) is 5.58 Å². The molecule has 3 aromatic rings. The number of amides is 1. The van der Waals surface area contributed by atoms with Crippen LogP contribution in [-0.4, -0.2) is 62.0 Å². The van der Waals surface area contributed by atoms with Crippen molar-refractivity contribution in [1.82, 2.24) is 10.1 Å². The zero-order valence-corrected chi connectivity index (χ0v) is 20.3. The monoisotopic (exact) mass is 468 g/mol. The molecule has 4 rings (SSSR count). The van der Waals surface area contributed by atoms with Crippen LogP contribution in [0.1, 0.15) is 30.7 Å². The van der Waals surface area contributed by atoms with Crippen LogP contribution < -0.4 is 15.4 Å². The van der Waals surface area contributed by atoms with Gasteiger partial charge in [0.15, 0.2) is 0 Å². The Balaban J connectivity index is 1.35. The van der Waals surface area contributed by atoms with E-state index >= 15 is 0 Å². The fourth-order valence-electron chi connectivity index (χ4n) is 4.40. The summed E-state index contributed by atoms with van der Waals surface area (Å²) in [6.45, 7) is 12.2. The first-order valence-electron chi connectivity index (χ1n) is 11.8. The van der Waals surface area contributed by atoms with Gasteiger partial charge in [-0.1, -0.05) is 5.16 Å². The van der Waals surface area contributed by atoms with Crippen molar-refractivity contribution >= 4 is 28.6 Å². The molecule has 1 amide bonds. The Morgan fingerprint density at radius 3 is 2.50 bits per heavy atom. The molecular formula is C25H32N4O5. The summed E-state index contributed by atoms with van der Waals surface area (Å²) in [6.07, 6.45) is -0.0644. The van der Waals surface area contributed by atoms with Crippen LogP contribution in [0.2, 0.25) is 0 Å². The predicted molar refractivity (Wildman–Crippen MR) is 131 cm³/mol. The molecule has 9 heteroatoms. The number of aryl methyl sites for hydroxylation is 2. The van der Waals surface area contributed by atoms with Gasteiger partial charge in [-0.05, 0) is 45.4 Å². The average Bonchev–Trinajstić information content (AvgIpc) is 3.28. The van der Waals surface area contributed by atoms with E-state index in [9.17, 15) is 9.59 Å². The third-order valence-electron chi connectivity index (χ3n) is 6.44. The van der Waals surface area contributed by atoms with Crippen LogP contribution in [0.3, 0.4) is 0 Å². The molecule has 0 unspecified atom stereocenters. The fraction of sp³-hybridized carbons (Fsp3) is 0.480. The standard InChI is InChI=1S/C25H32N4O5/c1-5-27(6-2)19-7-8-20-18(4)21(24(30)33-22(20)16-19)9-14-32-25(31)29-12-10-28(11-13-29)23-15-17(3)26-34-23/h7-8,15-16H,5-6,9-14H2,1-4H3. The summed E-state index contributed by atoms with van der Waals surface area (Å²) < 4.78 is 16.4. The first-order valence-corrected chi connectivity index (χ1v) is 11.8. The maximum atomic E-state index is 12.7. The molecule has 3 heterocycles. The largest absolute Gasteiger partial charge is 0.449 e. The van der Waals surface area contributed by atoms with Crippen LogP contribution in [0.15, 0.2) is 38.0 Å². The number of rotatable bonds is 7. The summed E-state index contributed by atoms with van der Waals surface area (Å²) in [5.41, 5.74) is 3.46. The highest BCUT2D eigenvalue weighted by atomic mass is 16.6. The molecule has 0 radical (unpaired) electrons. The number of aromatic nitrogens is 1. The van der Waals surface area contributed by atoms with Gasteiger partial charge in [-0.2, -0.15) is 0 Å². The summed E-state index contributed by atoms with van der Waals surface area (Å²) in [5.74, 6) is 0.716. The van der Waals surface area contributed by atoms with Gasteiger partial charge in [0.05, 0.1) is 12.3 Å². The Bertz CT molecular complexity index is 1210. The van der Waals surface area contributed by atoms with Gasteiger partial charge >= 0.3 is 11.7 Å². The average molecular weight is 469 g/mol. The van der Waals surface area contributed by atoms with Gasteiger partial charge < -0.3 is 28.4 Å². The maximum Gasteiger partial charge on any atom is 0.409 e. The molecule has 1 saturated heterocycles. The number of fused-ring (bicyclic) bond motifs is 1. The third kappa shape index (κ3) is 4.88. The summed E-state index contributed by atoms with van der Waals surface area (Å²) in [7, 11) is 0. The number of piperazine rings is 1. The van der Waals surface area contributed by atoms with E-state index in [0.717, 1.165) is 35.4 Å². The van der Waals surface area contributed by atoms with Gasteiger partial charge in [0.25, 0.3) is 0 Å². The summed E-state index contributed by atoms with van der Waals surface area (Å²) >= 11 is 0. The Labute approximate surface area is 198 Å². The zero-order chi connectivity index (χ0) is 24.2. The van der Waals surface area contributed by atoms with Crippen molar-refractivity contribution in [3.63, 3.8) is 0 Å². The number of carbonyl (C=O) groups excluding carboxylic acids is 1. The Kier molecular flexibility index (Phi) is 7.09. The molecule has 1 fully saturated rings. The van der Waals surface area contributed by atoms with Gasteiger partial charge in [0.2, 0.25) is 5.88 Å². The second-order valence-electron chi connectivity index (χ2n) is 8.49. The molecule has 1 aliphatic rings. The molecule has 0 spiro atoms. The van der Waals surface area contributed by atoms with Gasteiger partial charge in [-0.25, -0.2) is 9.59 Å². The smallest absolute Gasteiger partial charge is 0.409 e. The lowest BCUT2D eigenvalue weighted by Crippen LogP contribution is -2.49. The van der Waals surface area contributed by atoms with Crippen molar-refractivity contribution in [2.24, 2.45) is 0 Å².